The fourth-order valence-corrected chi connectivity index (χ4v) is 4.32. The van der Waals surface area contributed by atoms with Crippen LogP contribution in [0.3, 0.4) is 0 Å². The second-order valence-electron chi connectivity index (χ2n) is 7.67. The molecule has 1 atom stereocenters. The average molecular weight is 393 g/mol. The molecular weight excluding hydrogens is 366 g/mol. The summed E-state index contributed by atoms with van der Waals surface area (Å²) in [5.74, 6) is 0.682. The molecule has 0 unspecified atom stereocenters. The predicted molar refractivity (Wildman–Crippen MR) is 113 cm³/mol. The highest BCUT2D eigenvalue weighted by Gasteiger charge is 2.28. The van der Waals surface area contributed by atoms with Crippen LogP contribution < -0.4 is 10.9 Å². The number of carbonyl (C=O) groups is 1. The van der Waals surface area contributed by atoms with Crippen molar-refractivity contribution in [2.75, 3.05) is 13.6 Å². The summed E-state index contributed by atoms with van der Waals surface area (Å²) in [6.07, 6.45) is 3.28. The Morgan fingerprint density at radius 3 is 2.72 bits per heavy atom. The van der Waals surface area contributed by atoms with Crippen LogP contribution in [0.4, 0.5) is 0 Å². The third-order valence-corrected chi connectivity index (χ3v) is 6.00. The van der Waals surface area contributed by atoms with Gasteiger partial charge in [-0.3, -0.25) is 19.1 Å². The van der Waals surface area contributed by atoms with Gasteiger partial charge in [-0.2, -0.15) is 0 Å². The summed E-state index contributed by atoms with van der Waals surface area (Å²) >= 11 is 0. The largest absolute Gasteiger partial charge is 0.354 e. The third kappa shape index (κ3) is 3.46. The molecule has 3 heterocycles. The lowest BCUT2D eigenvalue weighted by Crippen LogP contribution is -2.36. The van der Waals surface area contributed by atoms with Crippen molar-refractivity contribution in [1.29, 1.82) is 0 Å². The van der Waals surface area contributed by atoms with Crippen molar-refractivity contribution in [3.05, 3.63) is 64.0 Å². The number of nitrogens with zero attached hydrogens (tertiary/aromatic N) is 4. The minimum atomic E-state index is -0.0836. The van der Waals surface area contributed by atoms with Crippen molar-refractivity contribution >= 4 is 16.8 Å². The lowest BCUT2D eigenvalue weighted by molar-refractivity contribution is 0.0952. The van der Waals surface area contributed by atoms with E-state index >= 15 is 0 Å². The molecule has 3 aromatic rings. The van der Waals surface area contributed by atoms with Gasteiger partial charge < -0.3 is 9.88 Å². The summed E-state index contributed by atoms with van der Waals surface area (Å²) in [5.41, 5.74) is 2.50. The number of rotatable bonds is 4. The second kappa shape index (κ2) is 7.83. The lowest BCUT2D eigenvalue weighted by atomic mass is 9.99. The first-order valence-electron chi connectivity index (χ1n) is 10.1. The van der Waals surface area contributed by atoms with E-state index in [1.54, 1.807) is 18.7 Å². The Balaban J connectivity index is 1.68. The van der Waals surface area contributed by atoms with Crippen molar-refractivity contribution in [3.8, 4) is 0 Å². The number of hydrogen-bond acceptors (Lipinski definition) is 4. The molecule has 29 heavy (non-hydrogen) atoms. The van der Waals surface area contributed by atoms with Gasteiger partial charge in [-0.25, -0.2) is 4.98 Å². The summed E-state index contributed by atoms with van der Waals surface area (Å²) in [6, 6.07) is 11.6. The van der Waals surface area contributed by atoms with E-state index in [1.807, 2.05) is 48.0 Å². The van der Waals surface area contributed by atoms with Crippen LogP contribution in [-0.4, -0.2) is 38.5 Å². The molecule has 1 N–H and O–H groups in total. The Bertz CT molecular complexity index is 1110. The van der Waals surface area contributed by atoms with Gasteiger partial charge in [-0.05, 0) is 43.7 Å². The van der Waals surface area contributed by atoms with Gasteiger partial charge in [0.2, 0.25) is 0 Å². The van der Waals surface area contributed by atoms with E-state index in [4.69, 9.17) is 4.98 Å². The van der Waals surface area contributed by atoms with Crippen LogP contribution in [0.5, 0.6) is 0 Å². The Hall–Kier alpha value is -2.93. The molecule has 7 heteroatoms. The van der Waals surface area contributed by atoms with Crippen LogP contribution in [0.1, 0.15) is 47.3 Å². The molecule has 4 rings (SSSR count). The Morgan fingerprint density at radius 1 is 1.14 bits per heavy atom. The molecular formula is C22H27N5O2. The first-order chi connectivity index (χ1) is 14.0. The molecule has 2 aromatic heterocycles. The van der Waals surface area contributed by atoms with Crippen LogP contribution in [0.25, 0.3) is 10.9 Å². The number of amides is 1. The second-order valence-corrected chi connectivity index (χ2v) is 7.67. The molecule has 152 valence electrons. The zero-order chi connectivity index (χ0) is 20.5. The van der Waals surface area contributed by atoms with Gasteiger partial charge in [0, 0.05) is 26.8 Å². The molecule has 0 radical (unpaired) electrons. The van der Waals surface area contributed by atoms with E-state index in [0.717, 1.165) is 42.8 Å². The molecule has 1 aliphatic rings. The minimum absolute atomic E-state index is 0.0140. The van der Waals surface area contributed by atoms with E-state index in [0.29, 0.717) is 17.6 Å². The molecule has 1 aromatic carbocycles. The first kappa shape index (κ1) is 19.4. The fourth-order valence-electron chi connectivity index (χ4n) is 4.32. The third-order valence-electron chi connectivity index (χ3n) is 6.00. The normalized spacial score (nSPS) is 17.6. The first-order valence-corrected chi connectivity index (χ1v) is 10.1. The molecule has 1 fully saturated rings. The summed E-state index contributed by atoms with van der Waals surface area (Å²) in [7, 11) is 5.38. The van der Waals surface area contributed by atoms with Crippen LogP contribution in [0.2, 0.25) is 0 Å². The van der Waals surface area contributed by atoms with Gasteiger partial charge in [-0.15, -0.1) is 0 Å². The van der Waals surface area contributed by atoms with Crippen LogP contribution in [0, 0.1) is 0 Å². The SMILES string of the molecule is CNC(=O)c1ccc([C@H]2CCCCN2Cc2nc3ccccc3c(=O)n2C)n1C. The number of carbonyl (C=O) groups excluding carboxylic acids is 1. The van der Waals surface area contributed by atoms with Gasteiger partial charge in [0.25, 0.3) is 11.5 Å². The number of likely N-dealkylation sites (tertiary alicyclic amines) is 1. The predicted octanol–water partition coefficient (Wildman–Crippen LogP) is 2.36. The fraction of sp³-hybridized carbons (Fsp3) is 0.409. The van der Waals surface area contributed by atoms with Gasteiger partial charge >= 0.3 is 0 Å². The number of nitrogens with one attached hydrogen (secondary N) is 1. The van der Waals surface area contributed by atoms with Crippen molar-refractivity contribution in [2.45, 2.75) is 31.8 Å². The van der Waals surface area contributed by atoms with Gasteiger partial charge in [0.1, 0.15) is 11.5 Å². The standard InChI is InChI=1S/C22H27N5O2/c1-23-21(28)19-12-11-17(25(19)2)18-10-6-7-13-27(18)14-20-24-16-9-5-4-8-15(16)22(29)26(20)3/h4-5,8-9,11-12,18H,6-7,10,13-14H2,1-3H3,(H,23,28)/t18-/m1/s1. The van der Waals surface area contributed by atoms with E-state index in [-0.39, 0.29) is 17.5 Å². The Labute approximate surface area is 170 Å². The van der Waals surface area contributed by atoms with Gasteiger partial charge in [-0.1, -0.05) is 18.6 Å². The molecule has 0 saturated carbocycles. The molecule has 0 spiro atoms. The summed E-state index contributed by atoms with van der Waals surface area (Å²) < 4.78 is 3.64. The highest BCUT2D eigenvalue weighted by Crippen LogP contribution is 2.32. The Morgan fingerprint density at radius 2 is 1.93 bits per heavy atom. The smallest absolute Gasteiger partial charge is 0.267 e. The van der Waals surface area contributed by atoms with Crippen molar-refractivity contribution < 1.29 is 4.79 Å². The lowest BCUT2D eigenvalue weighted by Gasteiger charge is -2.36. The van der Waals surface area contributed by atoms with Crippen molar-refractivity contribution in [3.63, 3.8) is 0 Å². The highest BCUT2D eigenvalue weighted by atomic mass is 16.2. The minimum Gasteiger partial charge on any atom is -0.354 e. The van der Waals surface area contributed by atoms with Crippen LogP contribution >= 0.6 is 0 Å². The highest BCUT2D eigenvalue weighted by molar-refractivity contribution is 5.92. The van der Waals surface area contributed by atoms with Crippen molar-refractivity contribution in [1.82, 2.24) is 24.3 Å². The maximum Gasteiger partial charge on any atom is 0.267 e. The van der Waals surface area contributed by atoms with E-state index in [2.05, 4.69) is 10.2 Å². The monoisotopic (exact) mass is 393 g/mol. The van der Waals surface area contributed by atoms with E-state index in [1.165, 1.54) is 0 Å². The quantitative estimate of drug-likeness (QED) is 0.739. The van der Waals surface area contributed by atoms with E-state index in [9.17, 15) is 9.59 Å². The number of benzene rings is 1. The molecule has 0 aliphatic carbocycles. The average Bonchev–Trinajstić information content (AvgIpc) is 3.13. The number of aromatic nitrogens is 3. The molecule has 7 nitrogen and oxygen atoms in total. The Kier molecular flexibility index (Phi) is 5.24. The van der Waals surface area contributed by atoms with Crippen molar-refractivity contribution in [2.24, 2.45) is 14.1 Å². The summed E-state index contributed by atoms with van der Waals surface area (Å²) in [6.45, 7) is 1.54. The van der Waals surface area contributed by atoms with E-state index < -0.39 is 0 Å². The summed E-state index contributed by atoms with van der Waals surface area (Å²) in [5, 5.41) is 3.34. The number of hydrogen-bond donors (Lipinski definition) is 1. The maximum atomic E-state index is 12.8. The molecule has 1 saturated heterocycles. The summed E-state index contributed by atoms with van der Waals surface area (Å²) in [4.78, 5) is 32.0. The van der Waals surface area contributed by atoms with Gasteiger partial charge in [0.15, 0.2) is 0 Å². The van der Waals surface area contributed by atoms with Crippen LogP contribution in [-0.2, 0) is 20.6 Å². The number of fused-ring (bicyclic) bond motifs is 1. The topological polar surface area (TPSA) is 72.2 Å². The van der Waals surface area contributed by atoms with Crippen LogP contribution in [0.15, 0.2) is 41.2 Å². The zero-order valence-corrected chi connectivity index (χ0v) is 17.2. The molecule has 1 aliphatic heterocycles. The molecule has 0 bridgehead atoms. The number of piperidine rings is 1. The maximum absolute atomic E-state index is 12.8. The molecule has 1 amide bonds. The number of para-hydroxylation sites is 1. The van der Waals surface area contributed by atoms with Gasteiger partial charge in [0.05, 0.1) is 23.5 Å². The zero-order valence-electron chi connectivity index (χ0n) is 17.2.